The molecule has 0 aliphatic carbocycles. The van der Waals surface area contributed by atoms with Crippen molar-refractivity contribution in [3.8, 4) is 17.2 Å². The Labute approximate surface area is 109 Å². The zero-order valence-electron chi connectivity index (χ0n) is 10.1. The Morgan fingerprint density at radius 1 is 1.18 bits per heavy atom. The zero-order valence-corrected chi connectivity index (χ0v) is 11.7. The van der Waals surface area contributed by atoms with E-state index in [1.165, 1.54) is 0 Å². The molecule has 0 amide bonds. The lowest BCUT2D eigenvalue weighted by molar-refractivity contribution is 0.323. The van der Waals surface area contributed by atoms with Crippen LogP contribution < -0.4 is 19.9 Å². The third kappa shape index (κ3) is 2.92. The van der Waals surface area contributed by atoms with E-state index in [0.29, 0.717) is 23.8 Å². The van der Waals surface area contributed by atoms with Gasteiger partial charge in [-0.05, 0) is 22.0 Å². The molecule has 1 aromatic carbocycles. The van der Waals surface area contributed by atoms with E-state index >= 15 is 0 Å². The lowest BCUT2D eigenvalue weighted by atomic mass is 10.1. The summed E-state index contributed by atoms with van der Waals surface area (Å²) in [6.07, 6.45) is 3.72. The largest absolute Gasteiger partial charge is 0.493 e. The van der Waals surface area contributed by atoms with Crippen LogP contribution in [0.2, 0.25) is 0 Å². The van der Waals surface area contributed by atoms with E-state index < -0.39 is 0 Å². The molecule has 94 valence electrons. The van der Waals surface area contributed by atoms with Crippen LogP contribution in [-0.2, 0) is 0 Å². The van der Waals surface area contributed by atoms with Gasteiger partial charge in [-0.25, -0.2) is 0 Å². The van der Waals surface area contributed by atoms with Crippen LogP contribution >= 0.6 is 15.9 Å². The highest BCUT2D eigenvalue weighted by atomic mass is 79.9. The fourth-order valence-electron chi connectivity index (χ4n) is 1.49. The van der Waals surface area contributed by atoms with E-state index in [2.05, 4.69) is 15.9 Å². The van der Waals surface area contributed by atoms with Crippen LogP contribution in [0.5, 0.6) is 17.2 Å². The van der Waals surface area contributed by atoms with Gasteiger partial charge >= 0.3 is 0 Å². The standard InChI is InChI=1S/C12H16BrNO3/c1-15-10-7-9(13)8(5-4-6-14)11(16-2)12(10)17-3/h4-5,7H,6,14H2,1-3H3/b5-4+. The predicted octanol–water partition coefficient (Wildman–Crippen LogP) is 2.45. The lowest BCUT2D eigenvalue weighted by Gasteiger charge is -2.15. The fourth-order valence-corrected chi connectivity index (χ4v) is 2.01. The molecule has 0 aliphatic rings. The molecule has 17 heavy (non-hydrogen) atoms. The van der Waals surface area contributed by atoms with Gasteiger partial charge in [-0.3, -0.25) is 0 Å². The van der Waals surface area contributed by atoms with Crippen molar-refractivity contribution >= 4 is 22.0 Å². The van der Waals surface area contributed by atoms with E-state index in [-0.39, 0.29) is 0 Å². The molecule has 0 heterocycles. The van der Waals surface area contributed by atoms with Crippen LogP contribution in [0.15, 0.2) is 16.6 Å². The minimum absolute atomic E-state index is 0.462. The normalized spacial score (nSPS) is 10.6. The number of ether oxygens (including phenoxy) is 3. The predicted molar refractivity (Wildman–Crippen MR) is 71.9 cm³/mol. The number of halogens is 1. The average Bonchev–Trinajstić information content (AvgIpc) is 2.35. The molecule has 4 nitrogen and oxygen atoms in total. The van der Waals surface area contributed by atoms with Crippen molar-refractivity contribution in [3.63, 3.8) is 0 Å². The zero-order chi connectivity index (χ0) is 12.8. The molecule has 5 heteroatoms. The third-order valence-electron chi connectivity index (χ3n) is 2.24. The Morgan fingerprint density at radius 3 is 2.29 bits per heavy atom. The maximum absolute atomic E-state index is 5.45. The number of hydrogen-bond acceptors (Lipinski definition) is 4. The molecule has 2 N–H and O–H groups in total. The highest BCUT2D eigenvalue weighted by Crippen LogP contribution is 2.44. The molecule has 0 radical (unpaired) electrons. The summed E-state index contributed by atoms with van der Waals surface area (Å²) in [6, 6.07) is 1.83. The van der Waals surface area contributed by atoms with Gasteiger partial charge in [0.1, 0.15) is 0 Å². The quantitative estimate of drug-likeness (QED) is 0.907. The van der Waals surface area contributed by atoms with Gasteiger partial charge in [0.25, 0.3) is 0 Å². The molecule has 1 rings (SSSR count). The van der Waals surface area contributed by atoms with Crippen molar-refractivity contribution in [2.45, 2.75) is 0 Å². The number of hydrogen-bond donors (Lipinski definition) is 1. The Hall–Kier alpha value is -1.20. The summed E-state index contributed by atoms with van der Waals surface area (Å²) < 4.78 is 16.8. The molecule has 0 unspecified atom stereocenters. The van der Waals surface area contributed by atoms with E-state index in [0.717, 1.165) is 10.0 Å². The molecule has 0 aliphatic heterocycles. The van der Waals surface area contributed by atoms with Gasteiger partial charge in [0, 0.05) is 16.6 Å². The van der Waals surface area contributed by atoms with E-state index in [1.807, 2.05) is 18.2 Å². The summed E-state index contributed by atoms with van der Waals surface area (Å²) in [6.45, 7) is 0.462. The van der Waals surface area contributed by atoms with Crippen LogP contribution in [-0.4, -0.2) is 27.9 Å². The Bertz CT molecular complexity index is 419. The first-order valence-corrected chi connectivity index (χ1v) is 5.83. The molecule has 0 spiro atoms. The smallest absolute Gasteiger partial charge is 0.203 e. The summed E-state index contributed by atoms with van der Waals surface area (Å²) in [5.74, 6) is 1.79. The van der Waals surface area contributed by atoms with Crippen molar-refractivity contribution in [2.75, 3.05) is 27.9 Å². The van der Waals surface area contributed by atoms with Gasteiger partial charge < -0.3 is 19.9 Å². The van der Waals surface area contributed by atoms with Crippen LogP contribution in [0.4, 0.5) is 0 Å². The highest BCUT2D eigenvalue weighted by Gasteiger charge is 2.17. The van der Waals surface area contributed by atoms with Crippen molar-refractivity contribution in [1.29, 1.82) is 0 Å². The minimum atomic E-state index is 0.462. The first-order chi connectivity index (χ1) is 8.19. The topological polar surface area (TPSA) is 53.7 Å². The highest BCUT2D eigenvalue weighted by molar-refractivity contribution is 9.10. The number of methoxy groups -OCH3 is 3. The summed E-state index contributed by atoms with van der Waals surface area (Å²) in [4.78, 5) is 0. The van der Waals surface area contributed by atoms with Gasteiger partial charge in [0.15, 0.2) is 11.5 Å². The van der Waals surface area contributed by atoms with Crippen molar-refractivity contribution in [3.05, 3.63) is 22.2 Å². The molecular weight excluding hydrogens is 286 g/mol. The minimum Gasteiger partial charge on any atom is -0.493 e. The van der Waals surface area contributed by atoms with Crippen molar-refractivity contribution in [1.82, 2.24) is 0 Å². The number of rotatable bonds is 5. The molecule has 0 saturated heterocycles. The summed E-state index contributed by atoms with van der Waals surface area (Å²) in [7, 11) is 4.74. The van der Waals surface area contributed by atoms with Crippen LogP contribution in [0, 0.1) is 0 Å². The molecule has 1 aromatic rings. The van der Waals surface area contributed by atoms with Gasteiger partial charge in [-0.15, -0.1) is 0 Å². The van der Waals surface area contributed by atoms with Gasteiger partial charge in [0.05, 0.1) is 21.3 Å². The first kappa shape index (κ1) is 13.9. The van der Waals surface area contributed by atoms with E-state index in [9.17, 15) is 0 Å². The van der Waals surface area contributed by atoms with Gasteiger partial charge in [0.2, 0.25) is 5.75 Å². The Morgan fingerprint density at radius 2 is 1.82 bits per heavy atom. The average molecular weight is 302 g/mol. The lowest BCUT2D eigenvalue weighted by Crippen LogP contribution is -1.98. The van der Waals surface area contributed by atoms with E-state index in [1.54, 1.807) is 21.3 Å². The van der Waals surface area contributed by atoms with Gasteiger partial charge in [-0.2, -0.15) is 0 Å². The maximum atomic E-state index is 5.45. The second kappa shape index (κ2) is 6.51. The SMILES string of the molecule is COc1cc(Br)c(/C=C/CN)c(OC)c1OC. The van der Waals surface area contributed by atoms with Crippen molar-refractivity contribution < 1.29 is 14.2 Å². The van der Waals surface area contributed by atoms with Crippen LogP contribution in [0.25, 0.3) is 6.08 Å². The Kier molecular flexibility index (Phi) is 5.31. The monoisotopic (exact) mass is 301 g/mol. The van der Waals surface area contributed by atoms with Gasteiger partial charge in [-0.1, -0.05) is 12.2 Å². The molecule has 0 bridgehead atoms. The molecule has 0 atom stereocenters. The van der Waals surface area contributed by atoms with E-state index in [4.69, 9.17) is 19.9 Å². The summed E-state index contributed by atoms with van der Waals surface area (Å²) in [5.41, 5.74) is 6.32. The summed E-state index contributed by atoms with van der Waals surface area (Å²) >= 11 is 3.47. The van der Waals surface area contributed by atoms with Crippen LogP contribution in [0.1, 0.15) is 5.56 Å². The first-order valence-electron chi connectivity index (χ1n) is 5.04. The third-order valence-corrected chi connectivity index (χ3v) is 2.89. The number of nitrogens with two attached hydrogens (primary N) is 1. The second-order valence-corrected chi connectivity index (χ2v) is 4.03. The second-order valence-electron chi connectivity index (χ2n) is 3.18. The maximum Gasteiger partial charge on any atom is 0.203 e. The molecule has 0 aromatic heterocycles. The van der Waals surface area contributed by atoms with Crippen LogP contribution in [0.3, 0.4) is 0 Å². The molecule has 0 fully saturated rings. The van der Waals surface area contributed by atoms with Crippen molar-refractivity contribution in [2.24, 2.45) is 5.73 Å². The molecular formula is C12H16BrNO3. The fraction of sp³-hybridized carbons (Fsp3) is 0.333. The Balaban J connectivity index is 3.43. The summed E-state index contributed by atoms with van der Waals surface area (Å²) in [5, 5.41) is 0. The molecule has 0 saturated carbocycles. The number of benzene rings is 1.